The number of nitrogens with zero attached hydrogens (tertiary/aromatic N) is 5. The lowest BCUT2D eigenvalue weighted by atomic mass is 10.0. The molecule has 1 aromatic carbocycles. The molecule has 1 atom stereocenters. The van der Waals surface area contributed by atoms with Crippen LogP contribution in [0.15, 0.2) is 41.1 Å². The number of nitrogens with one attached hydrogen (secondary N) is 1. The first-order valence-electron chi connectivity index (χ1n) is 8.34. The molecule has 0 radical (unpaired) electrons. The molecule has 0 saturated carbocycles. The van der Waals surface area contributed by atoms with E-state index in [4.69, 9.17) is 0 Å². The largest absolute Gasteiger partial charge is 0.416 e. The molecule has 0 bridgehead atoms. The van der Waals surface area contributed by atoms with Gasteiger partial charge in [0.05, 0.1) is 15.4 Å². The van der Waals surface area contributed by atoms with Crippen LogP contribution in [0.5, 0.6) is 0 Å². The van der Waals surface area contributed by atoms with Gasteiger partial charge in [0.2, 0.25) is 0 Å². The smallest absolute Gasteiger partial charge is 0.363 e. The van der Waals surface area contributed by atoms with Crippen molar-refractivity contribution < 1.29 is 13.2 Å². The molecule has 0 unspecified atom stereocenters. The zero-order valence-electron chi connectivity index (χ0n) is 14.8. The first-order chi connectivity index (χ1) is 13.2. The van der Waals surface area contributed by atoms with Crippen molar-refractivity contribution in [3.63, 3.8) is 0 Å². The molecule has 3 heterocycles. The topological polar surface area (TPSA) is 68.0 Å². The SMILES string of the molecule is Cc1nc(N[C@H](C)c2cccc(C(F)(F)F)c2)c2cc(Br)c3nncn3c2n1. The molecule has 0 fully saturated rings. The minimum Gasteiger partial charge on any atom is -0.363 e. The zero-order chi connectivity index (χ0) is 20.1. The molecular formula is C18H14BrF3N6. The summed E-state index contributed by atoms with van der Waals surface area (Å²) < 4.78 is 41.5. The highest BCUT2D eigenvalue weighted by molar-refractivity contribution is 9.10. The molecule has 4 rings (SSSR count). The van der Waals surface area contributed by atoms with Gasteiger partial charge in [-0.25, -0.2) is 9.97 Å². The second-order valence-electron chi connectivity index (χ2n) is 6.36. The maximum atomic E-state index is 13.0. The fraction of sp³-hybridized carbons (Fsp3) is 0.222. The number of pyridine rings is 1. The summed E-state index contributed by atoms with van der Waals surface area (Å²) in [5.74, 6) is 1.03. The van der Waals surface area contributed by atoms with E-state index in [0.717, 1.165) is 12.1 Å². The average molecular weight is 451 g/mol. The number of halogens is 4. The Hall–Kier alpha value is -2.75. The van der Waals surface area contributed by atoms with Crippen LogP contribution in [0.1, 0.15) is 29.9 Å². The van der Waals surface area contributed by atoms with Crippen LogP contribution in [0.4, 0.5) is 19.0 Å². The molecule has 3 aromatic heterocycles. The van der Waals surface area contributed by atoms with E-state index in [9.17, 15) is 13.2 Å². The third-order valence-corrected chi connectivity index (χ3v) is 4.95. The summed E-state index contributed by atoms with van der Waals surface area (Å²) in [5.41, 5.74) is 1.04. The van der Waals surface area contributed by atoms with Gasteiger partial charge < -0.3 is 5.32 Å². The Morgan fingerprint density at radius 2 is 1.93 bits per heavy atom. The van der Waals surface area contributed by atoms with E-state index in [2.05, 4.69) is 41.4 Å². The van der Waals surface area contributed by atoms with Crippen molar-refractivity contribution >= 4 is 38.4 Å². The highest BCUT2D eigenvalue weighted by Gasteiger charge is 2.30. The molecule has 10 heteroatoms. The van der Waals surface area contributed by atoms with Gasteiger partial charge in [-0.05, 0) is 53.5 Å². The molecule has 1 N–H and O–H groups in total. The van der Waals surface area contributed by atoms with Crippen molar-refractivity contribution in [1.29, 1.82) is 0 Å². The van der Waals surface area contributed by atoms with Crippen LogP contribution in [0.25, 0.3) is 16.7 Å². The lowest BCUT2D eigenvalue weighted by Crippen LogP contribution is -2.12. The summed E-state index contributed by atoms with van der Waals surface area (Å²) in [6.07, 6.45) is -2.84. The lowest BCUT2D eigenvalue weighted by molar-refractivity contribution is -0.137. The van der Waals surface area contributed by atoms with Gasteiger partial charge in [-0.3, -0.25) is 4.40 Å². The van der Waals surface area contributed by atoms with Crippen molar-refractivity contribution in [1.82, 2.24) is 24.6 Å². The molecule has 28 heavy (non-hydrogen) atoms. The monoisotopic (exact) mass is 450 g/mol. The molecule has 144 valence electrons. The minimum atomic E-state index is -4.39. The van der Waals surface area contributed by atoms with Gasteiger partial charge in [0.25, 0.3) is 0 Å². The summed E-state index contributed by atoms with van der Waals surface area (Å²) in [4.78, 5) is 8.92. The summed E-state index contributed by atoms with van der Waals surface area (Å²) in [6, 6.07) is 6.66. The number of aryl methyl sites for hydroxylation is 1. The van der Waals surface area contributed by atoms with Crippen LogP contribution in [0.3, 0.4) is 0 Å². The summed E-state index contributed by atoms with van der Waals surface area (Å²) in [7, 11) is 0. The van der Waals surface area contributed by atoms with E-state index in [1.807, 2.05) is 6.07 Å². The molecular weight excluding hydrogens is 437 g/mol. The van der Waals surface area contributed by atoms with Gasteiger partial charge >= 0.3 is 6.18 Å². The molecule has 0 saturated heterocycles. The van der Waals surface area contributed by atoms with Gasteiger partial charge in [0.1, 0.15) is 18.0 Å². The Morgan fingerprint density at radius 1 is 1.14 bits per heavy atom. The van der Waals surface area contributed by atoms with Crippen LogP contribution in [0.2, 0.25) is 0 Å². The van der Waals surface area contributed by atoms with Gasteiger partial charge in [0.15, 0.2) is 11.3 Å². The number of fused-ring (bicyclic) bond motifs is 3. The van der Waals surface area contributed by atoms with Gasteiger partial charge in [-0.15, -0.1) is 10.2 Å². The van der Waals surface area contributed by atoms with E-state index in [1.54, 1.807) is 30.6 Å². The normalized spacial score (nSPS) is 13.2. The van der Waals surface area contributed by atoms with E-state index >= 15 is 0 Å². The molecule has 4 aromatic rings. The van der Waals surface area contributed by atoms with E-state index in [-0.39, 0.29) is 0 Å². The third-order valence-electron chi connectivity index (χ3n) is 4.37. The maximum absolute atomic E-state index is 13.0. The number of hydrogen-bond donors (Lipinski definition) is 1. The number of hydrogen-bond acceptors (Lipinski definition) is 5. The molecule has 0 aliphatic carbocycles. The summed E-state index contributed by atoms with van der Waals surface area (Å²) in [6.45, 7) is 3.53. The van der Waals surface area contributed by atoms with E-state index < -0.39 is 17.8 Å². The number of anilines is 1. The lowest BCUT2D eigenvalue weighted by Gasteiger charge is -2.18. The second kappa shape index (κ2) is 6.69. The molecule has 0 aliphatic heterocycles. The molecule has 0 amide bonds. The zero-order valence-corrected chi connectivity index (χ0v) is 16.4. The first kappa shape index (κ1) is 18.6. The van der Waals surface area contributed by atoms with Crippen LogP contribution >= 0.6 is 15.9 Å². The Kier molecular flexibility index (Phi) is 4.45. The fourth-order valence-corrected chi connectivity index (χ4v) is 3.51. The van der Waals surface area contributed by atoms with Crippen molar-refractivity contribution in [2.75, 3.05) is 5.32 Å². The van der Waals surface area contributed by atoms with Crippen molar-refractivity contribution in [2.24, 2.45) is 0 Å². The molecule has 0 spiro atoms. The number of benzene rings is 1. The van der Waals surface area contributed by atoms with Crippen LogP contribution < -0.4 is 5.32 Å². The Balaban J connectivity index is 1.79. The Morgan fingerprint density at radius 3 is 2.68 bits per heavy atom. The first-order valence-corrected chi connectivity index (χ1v) is 9.13. The Bertz CT molecular complexity index is 1190. The van der Waals surface area contributed by atoms with Crippen molar-refractivity contribution in [3.8, 4) is 0 Å². The van der Waals surface area contributed by atoms with Gasteiger partial charge in [-0.1, -0.05) is 12.1 Å². The number of aromatic nitrogens is 5. The summed E-state index contributed by atoms with van der Waals surface area (Å²) in [5, 5.41) is 11.9. The summed E-state index contributed by atoms with van der Waals surface area (Å²) >= 11 is 3.46. The van der Waals surface area contributed by atoms with Crippen LogP contribution in [-0.4, -0.2) is 24.6 Å². The van der Waals surface area contributed by atoms with Crippen molar-refractivity contribution in [3.05, 3.63) is 58.1 Å². The van der Waals surface area contributed by atoms with Crippen molar-refractivity contribution in [2.45, 2.75) is 26.1 Å². The van der Waals surface area contributed by atoms with Crippen LogP contribution in [0, 0.1) is 6.92 Å². The standard InChI is InChI=1S/C18H14BrF3N6/c1-9(11-4-3-5-12(6-11)18(20,21)22)24-15-13-7-14(19)17-27-23-8-28(17)16(13)26-10(2)25-15/h3-9H,1-2H3,(H,24,25,26)/t9-/m1/s1. The minimum absolute atomic E-state index is 0.407. The highest BCUT2D eigenvalue weighted by atomic mass is 79.9. The maximum Gasteiger partial charge on any atom is 0.416 e. The van der Waals surface area contributed by atoms with Gasteiger partial charge in [0, 0.05) is 6.04 Å². The van der Waals surface area contributed by atoms with E-state index in [0.29, 0.717) is 38.4 Å². The van der Waals surface area contributed by atoms with Crippen LogP contribution in [-0.2, 0) is 6.18 Å². The highest BCUT2D eigenvalue weighted by Crippen LogP contribution is 2.33. The molecule has 6 nitrogen and oxygen atoms in total. The van der Waals surface area contributed by atoms with E-state index in [1.165, 1.54) is 6.07 Å². The van der Waals surface area contributed by atoms with Gasteiger partial charge in [-0.2, -0.15) is 13.2 Å². The predicted molar refractivity (Wildman–Crippen MR) is 102 cm³/mol. The molecule has 0 aliphatic rings. The fourth-order valence-electron chi connectivity index (χ4n) is 3.01. The Labute approximate surface area is 166 Å². The second-order valence-corrected chi connectivity index (χ2v) is 7.22. The quantitative estimate of drug-likeness (QED) is 0.478. The predicted octanol–water partition coefficient (Wildman–Crippen LogP) is 4.94. The number of alkyl halides is 3. The number of rotatable bonds is 3. The average Bonchev–Trinajstić information content (AvgIpc) is 3.13. The third kappa shape index (κ3) is 3.28.